The first-order chi connectivity index (χ1) is 11.1. The Bertz CT molecular complexity index is 622. The van der Waals surface area contributed by atoms with E-state index in [2.05, 4.69) is 35.2 Å². The fraction of sp³-hybridized carbons (Fsp3) is 0.444. The van der Waals surface area contributed by atoms with Crippen LogP contribution < -0.4 is 4.74 Å². The zero-order chi connectivity index (χ0) is 16.7. The molecule has 5 heteroatoms. The number of nitrogens with zero attached hydrogens (tertiary/aromatic N) is 3. The van der Waals surface area contributed by atoms with E-state index in [0.29, 0.717) is 12.5 Å². The molecular formula is C18H25N3OS. The summed E-state index contributed by atoms with van der Waals surface area (Å²) < 4.78 is 8.01. The van der Waals surface area contributed by atoms with Gasteiger partial charge in [0.2, 0.25) is 0 Å². The Morgan fingerprint density at radius 3 is 2.65 bits per heavy atom. The van der Waals surface area contributed by atoms with Crippen LogP contribution in [0.3, 0.4) is 0 Å². The molecule has 0 unspecified atom stereocenters. The molecule has 0 bridgehead atoms. The normalized spacial score (nSPS) is 11.0. The summed E-state index contributed by atoms with van der Waals surface area (Å²) in [6.07, 6.45) is 1.09. The minimum absolute atomic E-state index is 0.433. The predicted molar refractivity (Wildman–Crippen MR) is 95.8 cm³/mol. The first-order valence-corrected chi connectivity index (χ1v) is 8.92. The van der Waals surface area contributed by atoms with E-state index in [4.69, 9.17) is 4.74 Å². The van der Waals surface area contributed by atoms with Crippen LogP contribution in [0, 0.1) is 5.92 Å². The average Bonchev–Trinajstić information content (AvgIpc) is 2.92. The van der Waals surface area contributed by atoms with Gasteiger partial charge in [-0.15, -0.1) is 10.2 Å². The van der Waals surface area contributed by atoms with Crippen molar-refractivity contribution in [2.24, 2.45) is 5.92 Å². The van der Waals surface area contributed by atoms with Crippen molar-refractivity contribution in [1.82, 2.24) is 14.8 Å². The number of aromatic nitrogens is 3. The predicted octanol–water partition coefficient (Wildman–Crippen LogP) is 4.57. The van der Waals surface area contributed by atoms with Gasteiger partial charge in [-0.1, -0.05) is 56.0 Å². The van der Waals surface area contributed by atoms with Gasteiger partial charge in [0.25, 0.3) is 0 Å². The Kier molecular flexibility index (Phi) is 6.71. The smallest absolute Gasteiger partial charge is 0.191 e. The van der Waals surface area contributed by atoms with Crippen molar-refractivity contribution in [2.45, 2.75) is 45.5 Å². The van der Waals surface area contributed by atoms with E-state index < -0.39 is 0 Å². The summed E-state index contributed by atoms with van der Waals surface area (Å²) in [6, 6.07) is 9.81. The zero-order valence-electron chi connectivity index (χ0n) is 14.2. The second kappa shape index (κ2) is 8.77. The van der Waals surface area contributed by atoms with Crippen LogP contribution in [0.5, 0.6) is 5.75 Å². The van der Waals surface area contributed by atoms with Gasteiger partial charge < -0.3 is 9.30 Å². The summed E-state index contributed by atoms with van der Waals surface area (Å²) in [7, 11) is 0. The van der Waals surface area contributed by atoms with E-state index in [9.17, 15) is 0 Å². The number of benzene rings is 1. The molecule has 0 aliphatic rings. The Balaban J connectivity index is 2.08. The van der Waals surface area contributed by atoms with Crippen LogP contribution in [0.4, 0.5) is 0 Å². The molecule has 0 N–H and O–H groups in total. The highest BCUT2D eigenvalue weighted by atomic mass is 32.2. The first kappa shape index (κ1) is 17.6. The minimum atomic E-state index is 0.433. The van der Waals surface area contributed by atoms with Gasteiger partial charge in [-0.2, -0.15) is 0 Å². The number of hydrogen-bond donors (Lipinski definition) is 0. The molecule has 1 heterocycles. The Hall–Kier alpha value is -1.75. The third-order valence-electron chi connectivity index (χ3n) is 3.28. The van der Waals surface area contributed by atoms with E-state index in [-0.39, 0.29) is 0 Å². The van der Waals surface area contributed by atoms with Gasteiger partial charge in [-0.05, 0) is 31.4 Å². The van der Waals surface area contributed by atoms with Crippen molar-refractivity contribution in [1.29, 1.82) is 0 Å². The van der Waals surface area contributed by atoms with Crippen molar-refractivity contribution < 1.29 is 4.74 Å². The molecule has 0 spiro atoms. The molecule has 2 rings (SSSR count). The highest BCUT2D eigenvalue weighted by Gasteiger charge is 2.13. The van der Waals surface area contributed by atoms with Gasteiger partial charge in [-0.25, -0.2) is 0 Å². The number of hydrogen-bond acceptors (Lipinski definition) is 4. The second-order valence-corrected chi connectivity index (χ2v) is 7.02. The standard InChI is InChI=1S/C18H25N3OS/c1-14(2)10-11-21-17(12-22-16-8-6-5-7-9-16)19-20-18(21)23-13-15(3)4/h5-9,14H,3,10-13H2,1-2,4H3. The molecule has 0 saturated carbocycles. The average molecular weight is 331 g/mol. The monoisotopic (exact) mass is 331 g/mol. The summed E-state index contributed by atoms with van der Waals surface area (Å²) in [5.41, 5.74) is 1.13. The molecule has 4 nitrogen and oxygen atoms in total. The molecule has 1 aromatic heterocycles. The number of thioether (sulfide) groups is 1. The van der Waals surface area contributed by atoms with Crippen LogP contribution in [0.15, 0.2) is 47.6 Å². The van der Waals surface area contributed by atoms with E-state index >= 15 is 0 Å². The summed E-state index contributed by atoms with van der Waals surface area (Å²) >= 11 is 1.68. The molecule has 0 aliphatic heterocycles. The van der Waals surface area contributed by atoms with Gasteiger partial charge in [0.15, 0.2) is 11.0 Å². The molecule has 23 heavy (non-hydrogen) atoms. The van der Waals surface area contributed by atoms with Crippen LogP contribution in [-0.4, -0.2) is 20.5 Å². The third kappa shape index (κ3) is 5.75. The Labute approximate surface area is 143 Å². The fourth-order valence-electron chi connectivity index (χ4n) is 2.00. The van der Waals surface area contributed by atoms with Crippen molar-refractivity contribution in [3.63, 3.8) is 0 Å². The summed E-state index contributed by atoms with van der Waals surface area (Å²) in [6.45, 7) is 11.8. The summed E-state index contributed by atoms with van der Waals surface area (Å²) in [5.74, 6) is 3.22. The van der Waals surface area contributed by atoms with Crippen molar-refractivity contribution in [3.05, 3.63) is 48.3 Å². The van der Waals surface area contributed by atoms with Crippen LogP contribution in [0.25, 0.3) is 0 Å². The highest BCUT2D eigenvalue weighted by Crippen LogP contribution is 2.21. The quantitative estimate of drug-likeness (QED) is 0.498. The zero-order valence-corrected chi connectivity index (χ0v) is 15.0. The van der Waals surface area contributed by atoms with Crippen molar-refractivity contribution in [3.8, 4) is 5.75 Å². The highest BCUT2D eigenvalue weighted by molar-refractivity contribution is 7.99. The fourth-order valence-corrected chi connectivity index (χ4v) is 2.82. The van der Waals surface area contributed by atoms with Gasteiger partial charge in [-0.3, -0.25) is 0 Å². The lowest BCUT2D eigenvalue weighted by Gasteiger charge is -2.12. The summed E-state index contributed by atoms with van der Waals surface area (Å²) in [5, 5.41) is 9.60. The largest absolute Gasteiger partial charge is 0.486 e. The van der Waals surface area contributed by atoms with Crippen LogP contribution in [0.1, 0.15) is 33.0 Å². The SMILES string of the molecule is C=C(C)CSc1nnc(COc2ccccc2)n1CCC(C)C. The lowest BCUT2D eigenvalue weighted by Crippen LogP contribution is -2.10. The topological polar surface area (TPSA) is 39.9 Å². The van der Waals surface area contributed by atoms with Crippen LogP contribution in [0.2, 0.25) is 0 Å². The molecular weight excluding hydrogens is 306 g/mol. The maximum atomic E-state index is 5.83. The molecule has 2 aromatic rings. The van der Waals surface area contributed by atoms with E-state index in [1.165, 1.54) is 0 Å². The van der Waals surface area contributed by atoms with Gasteiger partial charge in [0.1, 0.15) is 12.4 Å². The van der Waals surface area contributed by atoms with Gasteiger partial charge in [0.05, 0.1) is 0 Å². The Morgan fingerprint density at radius 1 is 1.26 bits per heavy atom. The van der Waals surface area contributed by atoms with E-state index in [1.807, 2.05) is 37.3 Å². The summed E-state index contributed by atoms with van der Waals surface area (Å²) in [4.78, 5) is 0. The third-order valence-corrected chi connectivity index (χ3v) is 4.48. The Morgan fingerprint density at radius 2 is 2.00 bits per heavy atom. The van der Waals surface area contributed by atoms with Crippen molar-refractivity contribution in [2.75, 3.05) is 5.75 Å². The molecule has 1 aromatic carbocycles. The lowest BCUT2D eigenvalue weighted by molar-refractivity contribution is 0.285. The van der Waals surface area contributed by atoms with Crippen LogP contribution in [-0.2, 0) is 13.2 Å². The van der Waals surface area contributed by atoms with Gasteiger partial charge >= 0.3 is 0 Å². The van der Waals surface area contributed by atoms with Gasteiger partial charge in [0, 0.05) is 12.3 Å². The van der Waals surface area contributed by atoms with Crippen molar-refractivity contribution >= 4 is 11.8 Å². The number of ether oxygens (including phenoxy) is 1. The molecule has 0 amide bonds. The van der Waals surface area contributed by atoms with Crippen LogP contribution >= 0.6 is 11.8 Å². The molecule has 0 saturated heterocycles. The maximum Gasteiger partial charge on any atom is 0.191 e. The molecule has 0 radical (unpaired) electrons. The molecule has 0 aliphatic carbocycles. The number of rotatable bonds is 9. The molecule has 0 atom stereocenters. The second-order valence-electron chi connectivity index (χ2n) is 6.08. The molecule has 0 fully saturated rings. The lowest BCUT2D eigenvalue weighted by atomic mass is 10.1. The maximum absolute atomic E-state index is 5.83. The van der Waals surface area contributed by atoms with E-state index in [0.717, 1.165) is 41.0 Å². The van der Waals surface area contributed by atoms with E-state index in [1.54, 1.807) is 11.8 Å². The number of para-hydroxylation sites is 1. The first-order valence-electron chi connectivity index (χ1n) is 7.93. The molecule has 124 valence electrons. The minimum Gasteiger partial charge on any atom is -0.486 e.